The number of benzene rings is 1. The van der Waals surface area contributed by atoms with Crippen LogP contribution in [0, 0.1) is 0 Å². The van der Waals surface area contributed by atoms with Crippen molar-refractivity contribution in [2.75, 3.05) is 13.2 Å². The first kappa shape index (κ1) is 13.0. The number of phenols is 1. The van der Waals surface area contributed by atoms with Crippen LogP contribution in [-0.2, 0) is 10.6 Å². The van der Waals surface area contributed by atoms with Gasteiger partial charge < -0.3 is 9.84 Å². The first-order valence-corrected chi connectivity index (χ1v) is 5.72. The van der Waals surface area contributed by atoms with Crippen molar-refractivity contribution in [2.45, 2.75) is 18.7 Å². The molecule has 2 rings (SSSR count). The van der Waals surface area contributed by atoms with Gasteiger partial charge in [-0.3, -0.25) is 4.79 Å². The number of alkyl halides is 1. The lowest BCUT2D eigenvalue weighted by molar-refractivity contribution is 0.112. The second-order valence-corrected chi connectivity index (χ2v) is 3.73. The summed E-state index contributed by atoms with van der Waals surface area (Å²) in [6.07, 6.45) is 3.16. The van der Waals surface area contributed by atoms with Crippen molar-refractivity contribution >= 4 is 17.9 Å². The largest absolute Gasteiger partial charge is 0.507 e. The van der Waals surface area contributed by atoms with Gasteiger partial charge in [-0.2, -0.15) is 0 Å². The zero-order chi connectivity index (χ0) is 11.8. The van der Waals surface area contributed by atoms with Gasteiger partial charge in [-0.25, -0.2) is 0 Å². The number of carbonyl (C=O) groups is 1. The fourth-order valence-corrected chi connectivity index (χ4v) is 1.46. The maximum Gasteiger partial charge on any atom is 0.153 e. The molecule has 0 aromatic heterocycles. The van der Waals surface area contributed by atoms with E-state index in [2.05, 4.69) is 0 Å². The summed E-state index contributed by atoms with van der Waals surface area (Å²) in [6, 6.07) is 4.70. The lowest BCUT2D eigenvalue weighted by Gasteiger charge is -1.98. The molecule has 1 aliphatic rings. The molecule has 0 radical (unpaired) electrons. The molecule has 0 amide bonds. The number of hydrogen-bond acceptors (Lipinski definition) is 3. The van der Waals surface area contributed by atoms with Crippen molar-refractivity contribution in [3.8, 4) is 5.75 Å². The molecule has 4 heteroatoms. The monoisotopic (exact) mass is 242 g/mol. The van der Waals surface area contributed by atoms with E-state index in [1.165, 1.54) is 18.9 Å². The van der Waals surface area contributed by atoms with E-state index in [-0.39, 0.29) is 11.3 Å². The molecule has 0 saturated carbocycles. The van der Waals surface area contributed by atoms with Gasteiger partial charge in [0.25, 0.3) is 0 Å². The van der Waals surface area contributed by atoms with Crippen molar-refractivity contribution in [1.82, 2.24) is 0 Å². The maximum atomic E-state index is 10.3. The Bertz CT molecular complexity index is 327. The zero-order valence-corrected chi connectivity index (χ0v) is 9.74. The van der Waals surface area contributed by atoms with Crippen molar-refractivity contribution in [3.63, 3.8) is 0 Å². The van der Waals surface area contributed by atoms with Crippen LogP contribution in [0.1, 0.15) is 28.8 Å². The number of halogens is 1. The van der Waals surface area contributed by atoms with E-state index in [1.54, 1.807) is 12.1 Å². The topological polar surface area (TPSA) is 46.5 Å². The van der Waals surface area contributed by atoms with Crippen LogP contribution in [0.5, 0.6) is 5.75 Å². The summed E-state index contributed by atoms with van der Waals surface area (Å²) in [4.78, 5) is 10.3. The lowest BCUT2D eigenvalue weighted by Crippen LogP contribution is -1.84. The fourth-order valence-electron chi connectivity index (χ4n) is 1.29. The minimum atomic E-state index is -0.00568. The van der Waals surface area contributed by atoms with Crippen LogP contribution in [0.2, 0.25) is 0 Å². The number of ether oxygens (including phenoxy) is 1. The molecule has 0 bridgehead atoms. The molecule has 0 atom stereocenters. The zero-order valence-electron chi connectivity index (χ0n) is 8.99. The third-order valence-electron chi connectivity index (χ3n) is 2.20. The third-order valence-corrected chi connectivity index (χ3v) is 2.51. The average Bonchev–Trinajstić information content (AvgIpc) is 2.88. The molecular formula is C12H15ClO3. The number of phenolic OH excluding ortho intramolecular Hbond substituents is 1. The van der Waals surface area contributed by atoms with E-state index in [1.807, 2.05) is 0 Å². The van der Waals surface area contributed by atoms with Gasteiger partial charge in [0, 0.05) is 19.1 Å². The van der Waals surface area contributed by atoms with E-state index in [9.17, 15) is 4.79 Å². The summed E-state index contributed by atoms with van der Waals surface area (Å²) in [5.74, 6) is 0.343. The quantitative estimate of drug-likeness (QED) is 0.641. The van der Waals surface area contributed by atoms with Gasteiger partial charge in [-0.05, 0) is 30.5 Å². The van der Waals surface area contributed by atoms with E-state index in [0.717, 1.165) is 18.8 Å². The van der Waals surface area contributed by atoms with Crippen LogP contribution in [0.25, 0.3) is 0 Å². The van der Waals surface area contributed by atoms with Crippen LogP contribution in [0.4, 0.5) is 0 Å². The molecule has 1 saturated heterocycles. The van der Waals surface area contributed by atoms with Gasteiger partial charge in [0.15, 0.2) is 6.29 Å². The number of carbonyl (C=O) groups excluding carboxylic acids is 1. The van der Waals surface area contributed by atoms with Crippen LogP contribution in [-0.4, -0.2) is 24.6 Å². The predicted molar refractivity (Wildman–Crippen MR) is 63.1 cm³/mol. The van der Waals surface area contributed by atoms with Crippen LogP contribution >= 0.6 is 11.6 Å². The van der Waals surface area contributed by atoms with Crippen molar-refractivity contribution in [1.29, 1.82) is 0 Å². The highest BCUT2D eigenvalue weighted by atomic mass is 35.5. The summed E-state index contributed by atoms with van der Waals surface area (Å²) in [5, 5.41) is 9.06. The van der Waals surface area contributed by atoms with Gasteiger partial charge in [0.1, 0.15) is 5.75 Å². The normalized spacial score (nSPS) is 14.1. The summed E-state index contributed by atoms with van der Waals surface area (Å²) < 4.78 is 4.94. The Morgan fingerprint density at radius 2 is 2.06 bits per heavy atom. The molecule has 0 aliphatic carbocycles. The van der Waals surface area contributed by atoms with Gasteiger partial charge in [0.05, 0.1) is 5.56 Å². The first-order valence-electron chi connectivity index (χ1n) is 5.18. The highest BCUT2D eigenvalue weighted by Crippen LogP contribution is 2.17. The standard InChI is InChI=1S/C8H7ClO2.C4H8O/c9-4-6-1-2-8(11)7(3-6)5-10;1-2-4-5-3-1/h1-3,5,11H,4H2;1-4H2. The van der Waals surface area contributed by atoms with E-state index in [4.69, 9.17) is 21.4 Å². The molecule has 1 N–H and O–H groups in total. The van der Waals surface area contributed by atoms with E-state index in [0.29, 0.717) is 12.2 Å². The van der Waals surface area contributed by atoms with Crippen molar-refractivity contribution in [3.05, 3.63) is 29.3 Å². The van der Waals surface area contributed by atoms with Gasteiger partial charge in [-0.15, -0.1) is 11.6 Å². The molecule has 88 valence electrons. The van der Waals surface area contributed by atoms with Gasteiger partial charge >= 0.3 is 0 Å². The molecule has 1 heterocycles. The summed E-state index contributed by atoms with van der Waals surface area (Å²) in [6.45, 7) is 2.00. The fraction of sp³-hybridized carbons (Fsp3) is 0.417. The molecule has 0 spiro atoms. The lowest BCUT2D eigenvalue weighted by atomic mass is 10.1. The first-order chi connectivity index (χ1) is 7.77. The Labute approximate surface area is 100.0 Å². The smallest absolute Gasteiger partial charge is 0.153 e. The number of aldehydes is 1. The Morgan fingerprint density at radius 1 is 1.38 bits per heavy atom. The van der Waals surface area contributed by atoms with Crippen LogP contribution in [0.15, 0.2) is 18.2 Å². The second-order valence-electron chi connectivity index (χ2n) is 3.46. The minimum Gasteiger partial charge on any atom is -0.507 e. The maximum absolute atomic E-state index is 10.3. The number of hydrogen-bond donors (Lipinski definition) is 1. The SMILES string of the molecule is C1CCOC1.O=Cc1cc(CCl)ccc1O. The highest BCUT2D eigenvalue weighted by molar-refractivity contribution is 6.17. The van der Waals surface area contributed by atoms with E-state index < -0.39 is 0 Å². The Morgan fingerprint density at radius 3 is 2.50 bits per heavy atom. The highest BCUT2D eigenvalue weighted by Gasteiger charge is 1.99. The molecule has 1 aromatic rings. The minimum absolute atomic E-state index is 0.00568. The average molecular weight is 243 g/mol. The van der Waals surface area contributed by atoms with Gasteiger partial charge in [0.2, 0.25) is 0 Å². The second kappa shape index (κ2) is 7.25. The van der Waals surface area contributed by atoms with Crippen LogP contribution < -0.4 is 0 Å². The molecule has 1 fully saturated rings. The Kier molecular flexibility index (Phi) is 5.90. The summed E-state index contributed by atoms with van der Waals surface area (Å²) >= 11 is 5.51. The molecule has 3 nitrogen and oxygen atoms in total. The molecule has 0 unspecified atom stereocenters. The molecule has 16 heavy (non-hydrogen) atoms. The third kappa shape index (κ3) is 4.21. The van der Waals surface area contributed by atoms with Crippen LogP contribution in [0.3, 0.4) is 0 Å². The number of rotatable bonds is 2. The van der Waals surface area contributed by atoms with Crippen molar-refractivity contribution < 1.29 is 14.6 Å². The summed E-state index contributed by atoms with van der Waals surface area (Å²) in [5.41, 5.74) is 1.11. The van der Waals surface area contributed by atoms with Crippen molar-refractivity contribution in [2.24, 2.45) is 0 Å². The van der Waals surface area contributed by atoms with Gasteiger partial charge in [-0.1, -0.05) is 6.07 Å². The predicted octanol–water partition coefficient (Wildman–Crippen LogP) is 2.74. The molecular weight excluding hydrogens is 228 g/mol. The molecule has 1 aromatic carbocycles. The summed E-state index contributed by atoms with van der Waals surface area (Å²) in [7, 11) is 0. The Balaban J connectivity index is 0.000000212. The Hall–Kier alpha value is -1.06. The van der Waals surface area contributed by atoms with E-state index >= 15 is 0 Å². The number of aromatic hydroxyl groups is 1. The molecule has 1 aliphatic heterocycles.